The number of thioether (sulfide) groups is 1. The molecule has 1 amide bonds. The first-order valence-electron chi connectivity index (χ1n) is 7.55. The molecule has 1 aromatic carbocycles. The van der Waals surface area contributed by atoms with Crippen molar-refractivity contribution in [1.82, 2.24) is 9.97 Å². The number of hydrogen-bond donors (Lipinski definition) is 2. The van der Waals surface area contributed by atoms with E-state index in [0.717, 1.165) is 42.4 Å². The molecule has 0 saturated heterocycles. The fourth-order valence-corrected chi connectivity index (χ4v) is 3.27. The van der Waals surface area contributed by atoms with E-state index in [1.54, 1.807) is 0 Å². The van der Waals surface area contributed by atoms with E-state index in [1.165, 1.54) is 12.1 Å². The lowest BCUT2D eigenvalue weighted by Crippen LogP contribution is -2.18. The molecule has 2 aromatic rings. The number of amides is 1. The quantitative estimate of drug-likeness (QED) is 0.642. The zero-order chi connectivity index (χ0) is 18.0. The largest absolute Gasteiger partial charge is 0.416 e. The Hall–Kier alpha value is -2.29. The van der Waals surface area contributed by atoms with Crippen molar-refractivity contribution >= 4 is 23.4 Å². The SMILES string of the molecule is O=C(CSc1nc2c(c(=O)[nH]1)CCC2)Nc1cccc(C(F)(F)F)c1. The van der Waals surface area contributed by atoms with Crippen molar-refractivity contribution in [3.05, 3.63) is 51.4 Å². The van der Waals surface area contributed by atoms with E-state index in [2.05, 4.69) is 15.3 Å². The molecule has 0 aliphatic heterocycles. The van der Waals surface area contributed by atoms with Gasteiger partial charge in [0.15, 0.2) is 5.16 Å². The number of carbonyl (C=O) groups is 1. The Labute approximate surface area is 145 Å². The Morgan fingerprint density at radius 1 is 1.32 bits per heavy atom. The Morgan fingerprint density at radius 2 is 2.12 bits per heavy atom. The van der Waals surface area contributed by atoms with E-state index in [1.807, 2.05) is 0 Å². The molecular formula is C16H14F3N3O2S. The van der Waals surface area contributed by atoms with Crippen LogP contribution >= 0.6 is 11.8 Å². The van der Waals surface area contributed by atoms with Gasteiger partial charge in [-0.2, -0.15) is 13.2 Å². The molecule has 9 heteroatoms. The van der Waals surface area contributed by atoms with Crippen LogP contribution in [0.3, 0.4) is 0 Å². The molecule has 1 aromatic heterocycles. The van der Waals surface area contributed by atoms with Crippen LogP contribution in [0.2, 0.25) is 0 Å². The second kappa shape index (κ2) is 6.91. The average Bonchev–Trinajstić information content (AvgIpc) is 3.01. The maximum atomic E-state index is 12.7. The number of aromatic amines is 1. The highest BCUT2D eigenvalue weighted by atomic mass is 32.2. The van der Waals surface area contributed by atoms with Gasteiger partial charge in [0.05, 0.1) is 17.0 Å². The van der Waals surface area contributed by atoms with Gasteiger partial charge in [0.1, 0.15) is 0 Å². The normalized spacial score (nSPS) is 13.6. The lowest BCUT2D eigenvalue weighted by atomic mass is 10.2. The highest BCUT2D eigenvalue weighted by Gasteiger charge is 2.30. The van der Waals surface area contributed by atoms with Crippen LogP contribution in [0.15, 0.2) is 34.2 Å². The number of aromatic nitrogens is 2. The highest BCUT2D eigenvalue weighted by Crippen LogP contribution is 2.30. The zero-order valence-corrected chi connectivity index (χ0v) is 13.8. The molecule has 5 nitrogen and oxygen atoms in total. The molecule has 25 heavy (non-hydrogen) atoms. The van der Waals surface area contributed by atoms with E-state index in [0.29, 0.717) is 17.1 Å². The molecule has 0 bridgehead atoms. The summed E-state index contributed by atoms with van der Waals surface area (Å²) in [5, 5.41) is 2.75. The van der Waals surface area contributed by atoms with Crippen LogP contribution in [0.5, 0.6) is 0 Å². The number of nitrogens with one attached hydrogen (secondary N) is 2. The van der Waals surface area contributed by atoms with Crippen LogP contribution in [-0.4, -0.2) is 21.6 Å². The number of aryl methyl sites for hydroxylation is 1. The van der Waals surface area contributed by atoms with E-state index < -0.39 is 17.6 Å². The monoisotopic (exact) mass is 369 g/mol. The van der Waals surface area contributed by atoms with Crippen molar-refractivity contribution in [2.75, 3.05) is 11.1 Å². The first-order chi connectivity index (χ1) is 11.8. The number of anilines is 1. The first kappa shape index (κ1) is 17.5. The number of carbonyl (C=O) groups excluding carboxylic acids is 1. The molecule has 0 atom stereocenters. The predicted octanol–water partition coefficient (Wildman–Crippen LogP) is 3.01. The van der Waals surface area contributed by atoms with E-state index >= 15 is 0 Å². The summed E-state index contributed by atoms with van der Waals surface area (Å²) in [6.45, 7) is 0. The number of H-pyrrole nitrogens is 1. The van der Waals surface area contributed by atoms with Crippen molar-refractivity contribution < 1.29 is 18.0 Å². The van der Waals surface area contributed by atoms with Crippen LogP contribution in [-0.2, 0) is 23.8 Å². The van der Waals surface area contributed by atoms with Gasteiger partial charge in [-0.05, 0) is 37.5 Å². The molecule has 3 rings (SSSR count). The van der Waals surface area contributed by atoms with Gasteiger partial charge in [0, 0.05) is 11.3 Å². The summed E-state index contributed by atoms with van der Waals surface area (Å²) in [6, 6.07) is 4.42. The van der Waals surface area contributed by atoms with Crippen molar-refractivity contribution in [2.45, 2.75) is 30.6 Å². The van der Waals surface area contributed by atoms with E-state index in [4.69, 9.17) is 0 Å². The summed E-state index contributed by atoms with van der Waals surface area (Å²) in [5.41, 5.74) is 0.490. The molecule has 0 fully saturated rings. The molecule has 0 unspecified atom stereocenters. The van der Waals surface area contributed by atoms with Gasteiger partial charge >= 0.3 is 6.18 Å². The molecule has 2 N–H and O–H groups in total. The van der Waals surface area contributed by atoms with Gasteiger partial charge < -0.3 is 10.3 Å². The van der Waals surface area contributed by atoms with Crippen molar-refractivity contribution in [3.8, 4) is 0 Å². The molecule has 1 aliphatic rings. The predicted molar refractivity (Wildman–Crippen MR) is 87.7 cm³/mol. The average molecular weight is 369 g/mol. The molecular weight excluding hydrogens is 355 g/mol. The second-order valence-corrected chi connectivity index (χ2v) is 6.53. The highest BCUT2D eigenvalue weighted by molar-refractivity contribution is 7.99. The topological polar surface area (TPSA) is 74.8 Å². The number of benzene rings is 1. The van der Waals surface area contributed by atoms with Gasteiger partial charge in [-0.25, -0.2) is 4.98 Å². The third kappa shape index (κ3) is 4.22. The van der Waals surface area contributed by atoms with Gasteiger partial charge in [0.25, 0.3) is 5.56 Å². The number of halogens is 3. The minimum atomic E-state index is -4.47. The number of hydrogen-bond acceptors (Lipinski definition) is 4. The minimum Gasteiger partial charge on any atom is -0.325 e. The fraction of sp³-hybridized carbons (Fsp3) is 0.312. The number of fused-ring (bicyclic) bond motifs is 1. The second-order valence-electron chi connectivity index (χ2n) is 5.57. The van der Waals surface area contributed by atoms with Gasteiger partial charge in [-0.3, -0.25) is 9.59 Å². The van der Waals surface area contributed by atoms with Crippen LogP contribution in [0.25, 0.3) is 0 Å². The van der Waals surface area contributed by atoms with Crippen molar-refractivity contribution in [1.29, 1.82) is 0 Å². The summed E-state index contributed by atoms with van der Waals surface area (Å²) in [6.07, 6.45) is -2.14. The van der Waals surface area contributed by atoms with Crippen molar-refractivity contribution in [3.63, 3.8) is 0 Å². The number of rotatable bonds is 4. The molecule has 132 valence electrons. The smallest absolute Gasteiger partial charge is 0.325 e. The Morgan fingerprint density at radius 3 is 2.88 bits per heavy atom. The van der Waals surface area contributed by atoms with Gasteiger partial charge in [-0.1, -0.05) is 17.8 Å². The van der Waals surface area contributed by atoms with Crippen LogP contribution in [0.4, 0.5) is 18.9 Å². The summed E-state index contributed by atoms with van der Waals surface area (Å²) < 4.78 is 38.0. The zero-order valence-electron chi connectivity index (χ0n) is 12.9. The molecule has 1 aliphatic carbocycles. The maximum Gasteiger partial charge on any atom is 0.416 e. The van der Waals surface area contributed by atoms with Crippen molar-refractivity contribution in [2.24, 2.45) is 0 Å². The Balaban J connectivity index is 1.62. The summed E-state index contributed by atoms with van der Waals surface area (Å²) in [4.78, 5) is 30.8. The minimum absolute atomic E-state index is 0.0656. The summed E-state index contributed by atoms with van der Waals surface area (Å²) in [7, 11) is 0. The number of nitrogens with zero attached hydrogens (tertiary/aromatic N) is 1. The molecule has 1 heterocycles. The summed E-state index contributed by atoms with van der Waals surface area (Å²) in [5.74, 6) is -0.551. The number of alkyl halides is 3. The van der Waals surface area contributed by atoms with Crippen LogP contribution in [0.1, 0.15) is 23.2 Å². The lowest BCUT2D eigenvalue weighted by Gasteiger charge is -2.09. The molecule has 0 spiro atoms. The van der Waals surface area contributed by atoms with E-state index in [9.17, 15) is 22.8 Å². The maximum absolute atomic E-state index is 12.7. The molecule has 0 saturated carbocycles. The Bertz CT molecular complexity index is 864. The third-order valence-corrected chi connectivity index (χ3v) is 4.61. The standard InChI is InChI=1S/C16H14F3N3O2S/c17-16(18,19)9-3-1-4-10(7-9)20-13(23)8-25-15-21-12-6-2-5-11(12)14(24)22-15/h1,3-4,7H,2,5-6,8H2,(H,20,23)(H,21,22,24). The fourth-order valence-electron chi connectivity index (χ4n) is 2.59. The van der Waals surface area contributed by atoms with E-state index in [-0.39, 0.29) is 17.0 Å². The van der Waals surface area contributed by atoms with Crippen LogP contribution < -0.4 is 10.9 Å². The summed E-state index contributed by atoms with van der Waals surface area (Å²) >= 11 is 1.04. The third-order valence-electron chi connectivity index (χ3n) is 3.73. The first-order valence-corrected chi connectivity index (χ1v) is 8.53. The van der Waals surface area contributed by atoms with Gasteiger partial charge in [-0.15, -0.1) is 0 Å². The molecule has 0 radical (unpaired) electrons. The lowest BCUT2D eigenvalue weighted by molar-refractivity contribution is -0.137. The Kier molecular flexibility index (Phi) is 4.85. The van der Waals surface area contributed by atoms with Gasteiger partial charge in [0.2, 0.25) is 5.91 Å². The van der Waals surface area contributed by atoms with Crippen LogP contribution in [0, 0.1) is 0 Å².